The number of piperazine rings is 1. The van der Waals surface area contributed by atoms with Crippen LogP contribution in [0.2, 0.25) is 0 Å². The zero-order valence-corrected chi connectivity index (χ0v) is 44.4. The topological polar surface area (TPSA) is 253 Å². The molecule has 396 valence electrons. The molecule has 4 aromatic heterocycles. The van der Waals surface area contributed by atoms with Gasteiger partial charge < -0.3 is 41.1 Å². The van der Waals surface area contributed by atoms with Crippen molar-refractivity contribution in [2.75, 3.05) is 58.1 Å². The Balaban J connectivity index is 0.824. The largest absolute Gasteiger partial charge is 0.470 e. The highest BCUT2D eigenvalue weighted by atomic mass is 32.1. The van der Waals surface area contributed by atoms with E-state index in [1.165, 1.54) is 22.7 Å². The fourth-order valence-corrected chi connectivity index (χ4v) is 14.3. The average molecular weight is 1060 g/mol. The van der Waals surface area contributed by atoms with Crippen LogP contribution in [-0.4, -0.2) is 114 Å². The van der Waals surface area contributed by atoms with Crippen molar-refractivity contribution in [1.82, 2.24) is 24.8 Å². The normalized spacial score (nSPS) is 23.3. The molecule has 1 aromatic carbocycles. The van der Waals surface area contributed by atoms with Gasteiger partial charge >= 0.3 is 7.82 Å². The first-order valence-electron chi connectivity index (χ1n) is 26.0. The number of nitrogens with zero attached hydrogens (tertiary/aromatic N) is 8. The van der Waals surface area contributed by atoms with E-state index in [-0.39, 0.29) is 41.3 Å². The molecule has 1 saturated carbocycles. The van der Waals surface area contributed by atoms with Gasteiger partial charge in [0.1, 0.15) is 5.82 Å². The van der Waals surface area contributed by atoms with E-state index in [9.17, 15) is 33.8 Å². The molecule has 75 heavy (non-hydrogen) atoms. The number of hydrogen-bond acceptors (Lipinski definition) is 15. The van der Waals surface area contributed by atoms with E-state index in [0.29, 0.717) is 72.4 Å². The number of primary amides is 1. The third kappa shape index (κ3) is 11.0. The van der Waals surface area contributed by atoms with E-state index in [1.807, 2.05) is 18.3 Å². The maximum absolute atomic E-state index is 14.1. The molecule has 3 fully saturated rings. The Morgan fingerprint density at radius 3 is 2.48 bits per heavy atom. The minimum absolute atomic E-state index is 0.0657. The highest BCUT2D eigenvalue weighted by Gasteiger charge is 2.40. The van der Waals surface area contributed by atoms with Gasteiger partial charge in [-0.1, -0.05) is 6.58 Å². The molecule has 19 nitrogen and oxygen atoms in total. The van der Waals surface area contributed by atoms with Gasteiger partial charge in [0.2, 0.25) is 5.91 Å². The summed E-state index contributed by atoms with van der Waals surface area (Å²) >= 11 is 1.58. The Hall–Kier alpha value is -6.12. The SMILES string of the molecule is C=CC(=O)Nc1cc(Nc2nc(-c3ccnc(N4CCc5c(sc6c5CCCC6)C4=O)c3CO)cnc2C(N)=O)ccc1N1CCN(C2CCN(c3ccnc(C4CCC(C)(OP(=O)(O)O)CC4)c3)[C@H](C)C2)C[C@@H]1C. The van der Waals surface area contributed by atoms with Crippen LogP contribution in [-0.2, 0) is 39.8 Å². The molecule has 5 aliphatic rings. The summed E-state index contributed by atoms with van der Waals surface area (Å²) in [5, 5.41) is 17.1. The number of nitrogens with one attached hydrogen (secondary N) is 2. The minimum atomic E-state index is -4.58. The van der Waals surface area contributed by atoms with Gasteiger partial charge in [-0.3, -0.25) is 33.7 Å². The highest BCUT2D eigenvalue weighted by molar-refractivity contribution is 7.46. The summed E-state index contributed by atoms with van der Waals surface area (Å²) in [6.45, 7) is 13.2. The summed E-state index contributed by atoms with van der Waals surface area (Å²) in [6.07, 6.45) is 15.6. The van der Waals surface area contributed by atoms with Gasteiger partial charge in [0.25, 0.3) is 11.8 Å². The number of anilines is 6. The van der Waals surface area contributed by atoms with Crippen molar-refractivity contribution in [1.29, 1.82) is 0 Å². The second-order valence-corrected chi connectivity index (χ2v) is 23.2. The Morgan fingerprint density at radius 1 is 0.960 bits per heavy atom. The molecule has 1 unspecified atom stereocenters. The van der Waals surface area contributed by atoms with Crippen LogP contribution in [0.4, 0.5) is 34.4 Å². The zero-order valence-electron chi connectivity index (χ0n) is 42.7. The molecule has 3 aliphatic heterocycles. The quantitative estimate of drug-likeness (QED) is 0.0462. The molecule has 3 amide bonds. The minimum Gasteiger partial charge on any atom is -0.392 e. The Bertz CT molecular complexity index is 3070. The molecule has 2 saturated heterocycles. The summed E-state index contributed by atoms with van der Waals surface area (Å²) in [5.41, 5.74) is 12.6. The summed E-state index contributed by atoms with van der Waals surface area (Å²) < 4.78 is 16.7. The number of aromatic nitrogens is 4. The van der Waals surface area contributed by atoms with Gasteiger partial charge in [-0.2, -0.15) is 0 Å². The number of aryl methyl sites for hydroxylation is 1. The van der Waals surface area contributed by atoms with Crippen LogP contribution in [0, 0.1) is 0 Å². The Kier molecular flexibility index (Phi) is 15.0. The third-order valence-electron chi connectivity index (χ3n) is 16.0. The number of fused-ring (bicyclic) bond motifs is 3. The van der Waals surface area contributed by atoms with Gasteiger partial charge in [0.05, 0.1) is 40.4 Å². The average Bonchev–Trinajstić information content (AvgIpc) is 3.78. The smallest absolute Gasteiger partial charge is 0.392 e. The van der Waals surface area contributed by atoms with E-state index in [1.54, 1.807) is 41.5 Å². The van der Waals surface area contributed by atoms with E-state index < -0.39 is 25.9 Å². The second-order valence-electron chi connectivity index (χ2n) is 20.9. The lowest BCUT2D eigenvalue weighted by molar-refractivity contribution is -0.111. The fraction of sp³-hybridized carbons (Fsp3) is 0.463. The fourth-order valence-electron chi connectivity index (χ4n) is 12.2. The number of pyridine rings is 2. The molecule has 10 rings (SSSR count). The van der Waals surface area contributed by atoms with Crippen LogP contribution >= 0.6 is 19.2 Å². The van der Waals surface area contributed by atoms with Crippen LogP contribution in [0.3, 0.4) is 0 Å². The molecule has 7 heterocycles. The van der Waals surface area contributed by atoms with E-state index in [2.05, 4.69) is 67.9 Å². The summed E-state index contributed by atoms with van der Waals surface area (Å²) in [6, 6.07) is 12.3. The van der Waals surface area contributed by atoms with Crippen LogP contribution in [0.1, 0.15) is 125 Å². The first kappa shape index (κ1) is 52.3. The third-order valence-corrected chi connectivity index (χ3v) is 18.0. The molecule has 0 spiro atoms. The number of thiophene rings is 1. The van der Waals surface area contributed by atoms with Gasteiger partial charge in [0.15, 0.2) is 11.5 Å². The molecular formula is C54H66N11O8PS. The maximum atomic E-state index is 14.1. The number of hydrogen-bond donors (Lipinski definition) is 6. The number of phosphoric acid groups is 1. The van der Waals surface area contributed by atoms with E-state index >= 15 is 0 Å². The summed E-state index contributed by atoms with van der Waals surface area (Å²) in [5.74, 6) is -0.713. The molecular weight excluding hydrogens is 994 g/mol. The monoisotopic (exact) mass is 1060 g/mol. The van der Waals surface area contributed by atoms with Crippen molar-refractivity contribution in [3.05, 3.63) is 105 Å². The first-order chi connectivity index (χ1) is 36.0. The van der Waals surface area contributed by atoms with Crippen molar-refractivity contribution in [2.24, 2.45) is 5.73 Å². The van der Waals surface area contributed by atoms with Crippen molar-refractivity contribution in [3.8, 4) is 11.3 Å². The molecule has 2 aliphatic carbocycles. The Morgan fingerprint density at radius 2 is 1.75 bits per heavy atom. The predicted molar refractivity (Wildman–Crippen MR) is 290 cm³/mol. The zero-order chi connectivity index (χ0) is 52.8. The molecule has 0 bridgehead atoms. The number of phosphoric ester groups is 1. The number of rotatable bonds is 14. The molecule has 5 aromatic rings. The van der Waals surface area contributed by atoms with Gasteiger partial charge in [0, 0.05) is 102 Å². The Labute approximate surface area is 440 Å². The van der Waals surface area contributed by atoms with E-state index in [0.717, 1.165) is 98.5 Å². The number of piperidine rings is 1. The molecule has 7 N–H and O–H groups in total. The lowest BCUT2D eigenvalue weighted by Gasteiger charge is -2.48. The van der Waals surface area contributed by atoms with Gasteiger partial charge in [-0.05, 0) is 145 Å². The molecule has 21 heteroatoms. The number of nitrogens with two attached hydrogens (primary N) is 1. The number of aliphatic hydroxyl groups is 1. The van der Waals surface area contributed by atoms with Crippen LogP contribution < -0.4 is 31.1 Å². The lowest BCUT2D eigenvalue weighted by Crippen LogP contribution is -2.58. The van der Waals surface area contributed by atoms with Gasteiger partial charge in [-0.25, -0.2) is 19.5 Å². The molecule has 3 atom stereocenters. The highest BCUT2D eigenvalue weighted by Crippen LogP contribution is 2.49. The number of benzene rings is 1. The van der Waals surface area contributed by atoms with E-state index in [4.69, 9.17) is 20.2 Å². The van der Waals surface area contributed by atoms with Crippen molar-refractivity contribution in [3.63, 3.8) is 0 Å². The van der Waals surface area contributed by atoms with Crippen LogP contribution in [0.5, 0.6) is 0 Å². The predicted octanol–water partition coefficient (Wildman–Crippen LogP) is 7.63. The number of amides is 3. The van der Waals surface area contributed by atoms with Crippen molar-refractivity contribution < 1.29 is 38.4 Å². The van der Waals surface area contributed by atoms with Crippen LogP contribution in [0.25, 0.3) is 11.3 Å². The second kappa shape index (κ2) is 21.5. The van der Waals surface area contributed by atoms with Gasteiger partial charge in [-0.15, -0.1) is 11.3 Å². The first-order valence-corrected chi connectivity index (χ1v) is 28.4. The summed E-state index contributed by atoms with van der Waals surface area (Å²) in [7, 11) is -4.58. The maximum Gasteiger partial charge on any atom is 0.470 e. The lowest BCUT2D eigenvalue weighted by atomic mass is 9.78. The number of aliphatic hydroxyl groups excluding tert-OH is 1. The van der Waals surface area contributed by atoms with Crippen molar-refractivity contribution in [2.45, 2.75) is 128 Å². The summed E-state index contributed by atoms with van der Waals surface area (Å²) in [4.78, 5) is 88.4. The number of carbonyl (C=O) groups excluding carboxylic acids is 3. The standard InChI is InChI=1S/C54H66N11O8PS/c1-5-47(67)60-43-27-35(59-51-48(50(55)68)58-29-44(61-51)38-15-21-57-52(41(38)31-66)65-23-17-40-39-8-6-7-9-46(39)75-49(40)53(65)69)10-11-45(43)64-25-24-62(30-33(64)3)36-16-22-63(32(2)26-36)37-14-20-56-42(28-37)34-12-18-54(4,19-13-34)73-74(70,71)72/h5,10-11,14-15,20-21,27-29,32-34,36,66H,1,6-9,12-13,16-19,22-26,30-31H2,2-4H3,(H2,55,68)(H,59,61)(H,60,67)(H2,70,71,72)/t32-,33+,34?,36?,54?/m1/s1. The van der Waals surface area contributed by atoms with Crippen LogP contribution in [0.15, 0.2) is 67.6 Å². The van der Waals surface area contributed by atoms with Crippen molar-refractivity contribution >= 4 is 71.3 Å². The molecule has 0 radical (unpaired) electrons. The number of carbonyl (C=O) groups is 3.